The fourth-order valence-electron chi connectivity index (χ4n) is 1.99. The van der Waals surface area contributed by atoms with Gasteiger partial charge in [-0.05, 0) is 56.2 Å². The molecular weight excluding hydrogens is 288 g/mol. The Kier molecular flexibility index (Phi) is 4.47. The van der Waals surface area contributed by atoms with Gasteiger partial charge in [-0.25, -0.2) is 13.4 Å². The number of pyridine rings is 1. The van der Waals surface area contributed by atoms with Gasteiger partial charge in [0, 0.05) is 6.20 Å². The number of aromatic nitrogens is 1. The number of rotatable bonds is 5. The largest absolute Gasteiger partial charge is 0.494 e. The maximum Gasteiger partial charge on any atom is 0.263 e. The summed E-state index contributed by atoms with van der Waals surface area (Å²) in [4.78, 5) is 4.20. The molecule has 0 amide bonds. The lowest BCUT2D eigenvalue weighted by molar-refractivity contribution is 0.337. The van der Waals surface area contributed by atoms with Gasteiger partial charge in [0.05, 0.1) is 11.5 Å². The van der Waals surface area contributed by atoms with Crippen molar-refractivity contribution in [3.63, 3.8) is 0 Å². The van der Waals surface area contributed by atoms with E-state index in [-0.39, 0.29) is 4.90 Å². The van der Waals surface area contributed by atoms with Crippen LogP contribution in [-0.4, -0.2) is 20.0 Å². The van der Waals surface area contributed by atoms with Gasteiger partial charge in [-0.15, -0.1) is 0 Å². The van der Waals surface area contributed by atoms with Gasteiger partial charge in [-0.3, -0.25) is 4.72 Å². The van der Waals surface area contributed by atoms with Crippen molar-refractivity contribution >= 4 is 15.8 Å². The Bertz CT molecular complexity index is 728. The molecule has 0 saturated carbocycles. The molecule has 1 aromatic heterocycles. The predicted molar refractivity (Wildman–Crippen MR) is 82.1 cm³/mol. The van der Waals surface area contributed by atoms with E-state index < -0.39 is 10.0 Å². The Labute approximate surface area is 125 Å². The Morgan fingerprint density at radius 1 is 1.14 bits per heavy atom. The van der Waals surface area contributed by atoms with E-state index in [2.05, 4.69) is 9.71 Å². The highest BCUT2D eigenvalue weighted by Gasteiger charge is 2.20. The van der Waals surface area contributed by atoms with Gasteiger partial charge < -0.3 is 4.74 Å². The molecule has 0 unspecified atom stereocenters. The first kappa shape index (κ1) is 15.3. The molecule has 2 rings (SSSR count). The number of hydrogen-bond donors (Lipinski definition) is 1. The quantitative estimate of drug-likeness (QED) is 0.922. The minimum Gasteiger partial charge on any atom is -0.494 e. The van der Waals surface area contributed by atoms with Gasteiger partial charge in [-0.2, -0.15) is 0 Å². The summed E-state index contributed by atoms with van der Waals surface area (Å²) in [7, 11) is -3.67. The van der Waals surface area contributed by atoms with Crippen LogP contribution in [0.1, 0.15) is 18.1 Å². The first-order valence-corrected chi connectivity index (χ1v) is 8.11. The summed E-state index contributed by atoms with van der Waals surface area (Å²) in [5.41, 5.74) is 1.49. The van der Waals surface area contributed by atoms with Crippen molar-refractivity contribution in [2.24, 2.45) is 0 Å². The van der Waals surface area contributed by atoms with Gasteiger partial charge in [0.25, 0.3) is 10.0 Å². The summed E-state index contributed by atoms with van der Waals surface area (Å²) in [6, 6.07) is 8.29. The molecule has 0 fully saturated rings. The fourth-order valence-corrected chi connectivity index (χ4v) is 3.30. The second-order valence-corrected chi connectivity index (χ2v) is 6.22. The van der Waals surface area contributed by atoms with E-state index in [0.29, 0.717) is 23.7 Å². The van der Waals surface area contributed by atoms with Crippen LogP contribution in [-0.2, 0) is 10.0 Å². The molecule has 21 heavy (non-hydrogen) atoms. The van der Waals surface area contributed by atoms with Crippen molar-refractivity contribution in [3.05, 3.63) is 47.7 Å². The van der Waals surface area contributed by atoms with Gasteiger partial charge in [-0.1, -0.05) is 6.07 Å². The molecular formula is C15H18N2O3S. The predicted octanol–water partition coefficient (Wildman–Crippen LogP) is 2.90. The summed E-state index contributed by atoms with van der Waals surface area (Å²) in [6.45, 7) is 6.05. The standard InChI is InChI=1S/C15H18N2O3S/c1-4-20-13-8-9-14(12(3)11(13)2)21(18,19)17-15-7-5-6-10-16-15/h5-10H,4H2,1-3H3,(H,16,17). The van der Waals surface area contributed by atoms with Crippen LogP contribution in [0.4, 0.5) is 5.82 Å². The Morgan fingerprint density at radius 2 is 1.90 bits per heavy atom. The summed E-state index contributed by atoms with van der Waals surface area (Å²) < 4.78 is 32.9. The minimum absolute atomic E-state index is 0.231. The molecule has 1 aromatic carbocycles. The number of sulfonamides is 1. The number of anilines is 1. The molecule has 0 radical (unpaired) electrons. The average Bonchev–Trinajstić information content (AvgIpc) is 2.44. The number of benzene rings is 1. The fraction of sp³-hybridized carbons (Fsp3) is 0.267. The third-order valence-corrected chi connectivity index (χ3v) is 4.68. The summed E-state index contributed by atoms with van der Waals surface area (Å²) >= 11 is 0. The minimum atomic E-state index is -3.67. The Hall–Kier alpha value is -2.08. The van der Waals surface area contributed by atoms with Crippen LogP contribution in [0.25, 0.3) is 0 Å². The van der Waals surface area contributed by atoms with Crippen LogP contribution >= 0.6 is 0 Å². The normalized spacial score (nSPS) is 11.2. The van der Waals surface area contributed by atoms with Gasteiger partial charge in [0.15, 0.2) is 0 Å². The molecule has 0 aliphatic carbocycles. The van der Waals surface area contributed by atoms with Crippen molar-refractivity contribution in [1.29, 1.82) is 0 Å². The molecule has 1 N–H and O–H groups in total. The topological polar surface area (TPSA) is 68.3 Å². The number of nitrogens with one attached hydrogen (secondary N) is 1. The van der Waals surface area contributed by atoms with Crippen LogP contribution in [0.15, 0.2) is 41.4 Å². The van der Waals surface area contributed by atoms with E-state index >= 15 is 0 Å². The third kappa shape index (κ3) is 3.33. The number of ether oxygens (including phenoxy) is 1. The van der Waals surface area contributed by atoms with E-state index in [1.165, 1.54) is 6.20 Å². The molecule has 0 spiro atoms. The zero-order chi connectivity index (χ0) is 15.5. The van der Waals surface area contributed by atoms with Gasteiger partial charge in [0.1, 0.15) is 11.6 Å². The van der Waals surface area contributed by atoms with Crippen molar-refractivity contribution in [3.8, 4) is 5.75 Å². The first-order chi connectivity index (χ1) is 9.95. The Balaban J connectivity index is 2.39. The summed E-state index contributed by atoms with van der Waals surface area (Å²) in [6.07, 6.45) is 1.54. The molecule has 5 nitrogen and oxygen atoms in total. The highest BCUT2D eigenvalue weighted by Crippen LogP contribution is 2.28. The zero-order valence-electron chi connectivity index (χ0n) is 12.3. The van der Waals surface area contributed by atoms with Crippen LogP contribution in [0, 0.1) is 13.8 Å². The van der Waals surface area contributed by atoms with E-state index in [1.807, 2.05) is 13.8 Å². The maximum atomic E-state index is 12.5. The van der Waals surface area contributed by atoms with E-state index in [9.17, 15) is 8.42 Å². The van der Waals surface area contributed by atoms with E-state index in [1.54, 1.807) is 37.3 Å². The van der Waals surface area contributed by atoms with Gasteiger partial charge in [0.2, 0.25) is 0 Å². The van der Waals surface area contributed by atoms with Crippen LogP contribution < -0.4 is 9.46 Å². The number of hydrogen-bond acceptors (Lipinski definition) is 4. The second kappa shape index (κ2) is 6.13. The molecule has 0 saturated heterocycles. The number of nitrogens with zero attached hydrogens (tertiary/aromatic N) is 1. The van der Waals surface area contributed by atoms with Crippen LogP contribution in [0.3, 0.4) is 0 Å². The zero-order valence-corrected chi connectivity index (χ0v) is 13.1. The van der Waals surface area contributed by atoms with E-state index in [4.69, 9.17) is 4.74 Å². The van der Waals surface area contributed by atoms with Gasteiger partial charge >= 0.3 is 0 Å². The van der Waals surface area contributed by atoms with E-state index in [0.717, 1.165) is 5.56 Å². The molecule has 0 bridgehead atoms. The molecule has 1 heterocycles. The second-order valence-electron chi connectivity index (χ2n) is 4.57. The molecule has 0 aliphatic heterocycles. The molecule has 6 heteroatoms. The summed E-state index contributed by atoms with van der Waals surface area (Å²) in [5, 5.41) is 0. The SMILES string of the molecule is CCOc1ccc(S(=O)(=O)Nc2ccccn2)c(C)c1C. The van der Waals surface area contributed by atoms with Crippen LogP contribution in [0.2, 0.25) is 0 Å². The molecule has 0 atom stereocenters. The third-order valence-electron chi connectivity index (χ3n) is 3.18. The average molecular weight is 306 g/mol. The van der Waals surface area contributed by atoms with Crippen LogP contribution in [0.5, 0.6) is 5.75 Å². The maximum absolute atomic E-state index is 12.5. The Morgan fingerprint density at radius 3 is 2.52 bits per heavy atom. The summed E-state index contributed by atoms with van der Waals surface area (Å²) in [5.74, 6) is 0.996. The lowest BCUT2D eigenvalue weighted by atomic mass is 10.1. The molecule has 0 aliphatic rings. The lowest BCUT2D eigenvalue weighted by Crippen LogP contribution is -2.15. The van der Waals surface area contributed by atoms with Crippen molar-refractivity contribution in [2.45, 2.75) is 25.7 Å². The molecule has 2 aromatic rings. The highest BCUT2D eigenvalue weighted by atomic mass is 32.2. The lowest BCUT2D eigenvalue weighted by Gasteiger charge is -2.14. The first-order valence-electron chi connectivity index (χ1n) is 6.62. The van der Waals surface area contributed by atoms with Crippen molar-refractivity contribution in [2.75, 3.05) is 11.3 Å². The monoisotopic (exact) mass is 306 g/mol. The van der Waals surface area contributed by atoms with Crippen molar-refractivity contribution in [1.82, 2.24) is 4.98 Å². The molecule has 112 valence electrons. The smallest absolute Gasteiger partial charge is 0.263 e. The van der Waals surface area contributed by atoms with Crippen molar-refractivity contribution < 1.29 is 13.2 Å². The highest BCUT2D eigenvalue weighted by molar-refractivity contribution is 7.92.